The van der Waals surface area contributed by atoms with Crippen molar-refractivity contribution in [3.63, 3.8) is 0 Å². The molecule has 1 aliphatic heterocycles. The van der Waals surface area contributed by atoms with E-state index in [4.69, 9.17) is 4.74 Å². The Morgan fingerprint density at radius 3 is 2.75 bits per heavy atom. The molecule has 1 heterocycles. The number of rotatable bonds is 3. The van der Waals surface area contributed by atoms with Crippen molar-refractivity contribution >= 4 is 5.97 Å². The van der Waals surface area contributed by atoms with Gasteiger partial charge in [-0.1, -0.05) is 6.92 Å². The lowest BCUT2D eigenvalue weighted by Crippen LogP contribution is -2.20. The number of piperidine rings is 1. The van der Waals surface area contributed by atoms with Crippen LogP contribution >= 0.6 is 0 Å². The monoisotopic (exact) mass is 169 g/mol. The molecule has 68 valence electrons. The van der Waals surface area contributed by atoms with Gasteiger partial charge in [-0.3, -0.25) is 4.79 Å². The summed E-state index contributed by atoms with van der Waals surface area (Å²) in [4.78, 5) is 11.1. The second kappa shape index (κ2) is 3.05. The number of hydrogen-bond acceptors (Lipinski definition) is 3. The maximum Gasteiger partial charge on any atom is 0.306 e. The first kappa shape index (κ1) is 8.05. The predicted molar refractivity (Wildman–Crippen MR) is 44.6 cm³/mol. The van der Waals surface area contributed by atoms with Crippen molar-refractivity contribution in [2.75, 3.05) is 13.1 Å². The molecule has 2 atom stereocenters. The third-order valence-corrected chi connectivity index (χ3v) is 2.73. The van der Waals surface area contributed by atoms with Crippen LogP contribution in [-0.2, 0) is 9.53 Å². The van der Waals surface area contributed by atoms with Gasteiger partial charge in [-0.15, -0.1) is 0 Å². The number of hydrogen-bond donors (Lipinski definition) is 1. The summed E-state index contributed by atoms with van der Waals surface area (Å²) in [5.74, 6) is 1.24. The van der Waals surface area contributed by atoms with Crippen molar-refractivity contribution < 1.29 is 9.53 Å². The Labute approximate surface area is 72.5 Å². The summed E-state index contributed by atoms with van der Waals surface area (Å²) in [5.41, 5.74) is 0. The Kier molecular flexibility index (Phi) is 2.05. The zero-order chi connectivity index (χ0) is 8.55. The Hall–Kier alpha value is -0.570. The minimum atomic E-state index is -0.0168. The summed E-state index contributed by atoms with van der Waals surface area (Å²) in [6, 6.07) is 0. The highest BCUT2D eigenvalue weighted by molar-refractivity contribution is 5.69. The van der Waals surface area contributed by atoms with Gasteiger partial charge < -0.3 is 10.1 Å². The van der Waals surface area contributed by atoms with Crippen molar-refractivity contribution in [1.29, 1.82) is 0 Å². The number of carbonyl (C=O) groups is 1. The number of ether oxygens (including phenoxy) is 1. The van der Waals surface area contributed by atoms with Gasteiger partial charge in [0.25, 0.3) is 0 Å². The SMILES string of the molecule is CCCC(=O)OC1C2CNCC21. The largest absolute Gasteiger partial charge is 0.462 e. The quantitative estimate of drug-likeness (QED) is 0.627. The van der Waals surface area contributed by atoms with Gasteiger partial charge in [0.1, 0.15) is 6.10 Å². The number of fused-ring (bicyclic) bond motifs is 1. The van der Waals surface area contributed by atoms with Gasteiger partial charge in [0.2, 0.25) is 0 Å². The normalized spacial score (nSPS) is 37.6. The predicted octanol–water partition coefficient (Wildman–Crippen LogP) is 0.547. The average Bonchev–Trinajstić information content (AvgIpc) is 2.51. The van der Waals surface area contributed by atoms with Crippen LogP contribution in [0.4, 0.5) is 0 Å². The van der Waals surface area contributed by atoms with E-state index in [9.17, 15) is 4.79 Å². The van der Waals surface area contributed by atoms with Gasteiger partial charge in [0, 0.05) is 31.3 Å². The summed E-state index contributed by atoms with van der Waals surface area (Å²) >= 11 is 0. The highest BCUT2D eigenvalue weighted by Crippen LogP contribution is 2.44. The maximum atomic E-state index is 11.1. The van der Waals surface area contributed by atoms with E-state index in [1.807, 2.05) is 6.92 Å². The lowest BCUT2D eigenvalue weighted by atomic mass is 10.3. The molecule has 3 nitrogen and oxygen atoms in total. The third kappa shape index (κ3) is 1.33. The maximum absolute atomic E-state index is 11.1. The van der Waals surface area contributed by atoms with Gasteiger partial charge >= 0.3 is 5.97 Å². The Balaban J connectivity index is 1.72. The molecule has 2 fully saturated rings. The number of nitrogens with one attached hydrogen (secondary N) is 1. The van der Waals surface area contributed by atoms with Crippen molar-refractivity contribution in [1.82, 2.24) is 5.32 Å². The molecule has 0 aromatic carbocycles. The van der Waals surface area contributed by atoms with E-state index in [0.717, 1.165) is 19.5 Å². The fraction of sp³-hybridized carbons (Fsp3) is 0.889. The van der Waals surface area contributed by atoms with E-state index in [2.05, 4.69) is 5.32 Å². The molecule has 2 aliphatic rings. The van der Waals surface area contributed by atoms with E-state index < -0.39 is 0 Å². The molecule has 0 radical (unpaired) electrons. The molecule has 2 unspecified atom stereocenters. The molecule has 3 heteroatoms. The smallest absolute Gasteiger partial charge is 0.306 e. The number of carbonyl (C=O) groups excluding carboxylic acids is 1. The molecule has 1 aliphatic carbocycles. The zero-order valence-electron chi connectivity index (χ0n) is 7.38. The molecule has 1 N–H and O–H groups in total. The van der Waals surface area contributed by atoms with Gasteiger partial charge in [-0.05, 0) is 6.42 Å². The molecule has 0 aromatic rings. The first-order valence-corrected chi connectivity index (χ1v) is 4.73. The molecular weight excluding hydrogens is 154 g/mol. The Morgan fingerprint density at radius 2 is 2.17 bits per heavy atom. The minimum absolute atomic E-state index is 0.0168. The van der Waals surface area contributed by atoms with Crippen molar-refractivity contribution in [3.05, 3.63) is 0 Å². The fourth-order valence-electron chi connectivity index (χ4n) is 1.95. The van der Waals surface area contributed by atoms with Gasteiger partial charge in [0.15, 0.2) is 0 Å². The van der Waals surface area contributed by atoms with E-state index in [1.165, 1.54) is 0 Å². The van der Waals surface area contributed by atoms with Crippen molar-refractivity contribution in [2.24, 2.45) is 11.8 Å². The second-order valence-corrected chi connectivity index (χ2v) is 3.69. The molecule has 0 spiro atoms. The van der Waals surface area contributed by atoms with Crippen LogP contribution in [0, 0.1) is 11.8 Å². The second-order valence-electron chi connectivity index (χ2n) is 3.69. The molecular formula is C9H15NO2. The Bertz CT molecular complexity index is 183. The average molecular weight is 169 g/mol. The van der Waals surface area contributed by atoms with E-state index in [-0.39, 0.29) is 12.1 Å². The van der Waals surface area contributed by atoms with Crippen LogP contribution in [0.3, 0.4) is 0 Å². The van der Waals surface area contributed by atoms with Crippen LogP contribution in [-0.4, -0.2) is 25.2 Å². The lowest BCUT2D eigenvalue weighted by molar-refractivity contribution is -0.146. The summed E-state index contributed by atoms with van der Waals surface area (Å²) < 4.78 is 5.29. The number of esters is 1. The van der Waals surface area contributed by atoms with Gasteiger partial charge in [0.05, 0.1) is 0 Å². The van der Waals surface area contributed by atoms with Crippen LogP contribution in [0.1, 0.15) is 19.8 Å². The fourth-order valence-corrected chi connectivity index (χ4v) is 1.95. The summed E-state index contributed by atoms with van der Waals surface area (Å²) in [6.45, 7) is 4.07. The van der Waals surface area contributed by atoms with Crippen LogP contribution in [0.5, 0.6) is 0 Å². The van der Waals surface area contributed by atoms with E-state index in [0.29, 0.717) is 18.3 Å². The molecule has 0 aromatic heterocycles. The van der Waals surface area contributed by atoms with Crippen LogP contribution in [0.2, 0.25) is 0 Å². The molecule has 1 saturated heterocycles. The molecule has 2 rings (SSSR count). The molecule has 0 amide bonds. The first-order valence-electron chi connectivity index (χ1n) is 4.73. The summed E-state index contributed by atoms with van der Waals surface area (Å²) in [5, 5.41) is 3.27. The standard InChI is InChI=1S/C9H15NO2/c1-2-3-8(11)12-9-6-4-10-5-7(6)9/h6-7,9-10H,2-5H2,1H3. The van der Waals surface area contributed by atoms with E-state index in [1.54, 1.807) is 0 Å². The van der Waals surface area contributed by atoms with Crippen molar-refractivity contribution in [3.8, 4) is 0 Å². The summed E-state index contributed by atoms with van der Waals surface area (Å²) in [7, 11) is 0. The highest BCUT2D eigenvalue weighted by atomic mass is 16.5. The summed E-state index contributed by atoms with van der Waals surface area (Å²) in [6.07, 6.45) is 1.72. The highest BCUT2D eigenvalue weighted by Gasteiger charge is 2.55. The minimum Gasteiger partial charge on any atom is -0.462 e. The lowest BCUT2D eigenvalue weighted by Gasteiger charge is -2.05. The van der Waals surface area contributed by atoms with Gasteiger partial charge in [-0.25, -0.2) is 0 Å². The topological polar surface area (TPSA) is 38.3 Å². The van der Waals surface area contributed by atoms with Crippen LogP contribution in [0.15, 0.2) is 0 Å². The van der Waals surface area contributed by atoms with Crippen LogP contribution < -0.4 is 5.32 Å². The molecule has 0 bridgehead atoms. The first-order chi connectivity index (χ1) is 5.83. The zero-order valence-corrected chi connectivity index (χ0v) is 7.38. The van der Waals surface area contributed by atoms with E-state index >= 15 is 0 Å². The van der Waals surface area contributed by atoms with Gasteiger partial charge in [-0.2, -0.15) is 0 Å². The van der Waals surface area contributed by atoms with Crippen LogP contribution in [0.25, 0.3) is 0 Å². The Morgan fingerprint density at radius 1 is 1.50 bits per heavy atom. The molecule has 12 heavy (non-hydrogen) atoms. The third-order valence-electron chi connectivity index (χ3n) is 2.73. The van der Waals surface area contributed by atoms with Crippen molar-refractivity contribution in [2.45, 2.75) is 25.9 Å². The molecule has 1 saturated carbocycles.